The van der Waals surface area contributed by atoms with Gasteiger partial charge in [0.25, 0.3) is 0 Å². The van der Waals surface area contributed by atoms with Crippen molar-refractivity contribution in [2.24, 2.45) is 46.3 Å². The predicted octanol–water partition coefficient (Wildman–Crippen LogP) is -0.196. The molecule has 1 aliphatic heterocycles. The number of amides is 2. The number of nitrogens with zero attached hydrogens (tertiary/aromatic N) is 2. The van der Waals surface area contributed by atoms with Crippen LogP contribution in [0.4, 0.5) is 0 Å². The number of nitrogens with one attached hydrogen (secondary N) is 1. The first-order chi connectivity index (χ1) is 8.65. The Labute approximate surface area is 103 Å². The van der Waals surface area contributed by atoms with Crippen molar-refractivity contribution in [3.63, 3.8) is 0 Å². The molecule has 6 rings (SSSR count). The van der Waals surface area contributed by atoms with Gasteiger partial charge in [-0.15, -0.1) is 0 Å². The van der Waals surface area contributed by atoms with Gasteiger partial charge in [0.1, 0.15) is 0 Å². The van der Waals surface area contributed by atoms with Gasteiger partial charge in [-0.2, -0.15) is 10.5 Å². The third kappa shape index (κ3) is 0.481. The van der Waals surface area contributed by atoms with Gasteiger partial charge in [0.2, 0.25) is 11.8 Å². The van der Waals surface area contributed by atoms with Crippen LogP contribution >= 0.6 is 0 Å². The number of carbonyl (C=O) groups is 2. The quantitative estimate of drug-likeness (QED) is 0.592. The van der Waals surface area contributed by atoms with Gasteiger partial charge in [0, 0.05) is 0 Å². The van der Waals surface area contributed by atoms with Crippen molar-refractivity contribution in [1.29, 1.82) is 10.5 Å². The normalized spacial score (nSPS) is 64.3. The van der Waals surface area contributed by atoms with E-state index in [2.05, 4.69) is 17.5 Å². The summed E-state index contributed by atoms with van der Waals surface area (Å²) in [4.78, 5) is 24.4. The maximum Gasteiger partial charge on any atom is 0.249 e. The van der Waals surface area contributed by atoms with Gasteiger partial charge in [-0.1, -0.05) is 0 Å². The number of nitriles is 2. The summed E-state index contributed by atoms with van der Waals surface area (Å²) in [6.45, 7) is 0. The average Bonchev–Trinajstić information content (AvgIpc) is 2.77. The van der Waals surface area contributed by atoms with Gasteiger partial charge in [-0.3, -0.25) is 14.9 Å². The first-order valence-corrected chi connectivity index (χ1v) is 6.33. The highest BCUT2D eigenvalue weighted by Gasteiger charge is 2.94. The second-order valence-electron chi connectivity index (χ2n) is 6.39. The fourth-order valence-corrected chi connectivity index (χ4v) is 6.29. The lowest BCUT2D eigenvalue weighted by Crippen LogP contribution is -2.48. The summed E-state index contributed by atoms with van der Waals surface area (Å²) in [5.41, 5.74) is -2.78. The number of fused-ring (bicyclic) bond motifs is 1. The molecule has 5 saturated carbocycles. The summed E-state index contributed by atoms with van der Waals surface area (Å²) in [6, 6.07) is 4.20. The van der Waals surface area contributed by atoms with Gasteiger partial charge in [0.15, 0.2) is 10.8 Å². The highest BCUT2D eigenvalue weighted by molar-refractivity contribution is 6.14. The number of imide groups is 1. The van der Waals surface area contributed by atoms with Crippen LogP contribution in [-0.4, -0.2) is 11.8 Å². The highest BCUT2D eigenvalue weighted by Crippen LogP contribution is 2.89. The summed E-state index contributed by atoms with van der Waals surface area (Å²) in [6.07, 6.45) is 1.01. The minimum absolute atomic E-state index is 0.0476. The van der Waals surface area contributed by atoms with Crippen LogP contribution in [0.3, 0.4) is 0 Å². The lowest BCUT2D eigenvalue weighted by atomic mass is 9.58. The maximum absolute atomic E-state index is 12.2. The minimum atomic E-state index is -1.39. The number of hydrogen-bond donors (Lipinski definition) is 1. The zero-order valence-electron chi connectivity index (χ0n) is 9.38. The van der Waals surface area contributed by atoms with E-state index in [-0.39, 0.29) is 17.8 Å². The molecule has 2 amide bonds. The molecule has 8 atom stereocenters. The summed E-state index contributed by atoms with van der Waals surface area (Å²) in [5.74, 6) is 0.559. The minimum Gasteiger partial charge on any atom is -0.294 e. The van der Waals surface area contributed by atoms with E-state index in [9.17, 15) is 20.1 Å². The fraction of sp³-hybridized carbons (Fsp3) is 0.692. The Bertz CT molecular complexity index is 592. The zero-order chi connectivity index (χ0) is 12.4. The van der Waals surface area contributed by atoms with Crippen molar-refractivity contribution in [1.82, 2.24) is 5.32 Å². The lowest BCUT2D eigenvalue weighted by molar-refractivity contribution is -0.130. The van der Waals surface area contributed by atoms with Gasteiger partial charge >= 0.3 is 0 Å². The maximum atomic E-state index is 12.2. The standard InChI is InChI=1S/C13H9N3O2/c14-2-12-8-5-1-4-6(8)7(4)9(5)13(12,3-15)11(18)16-10(12)17/h4-9H,1H2,(H,16,17,18)/t4?,5?,6-,7+,8-,9+,12+,13-. The van der Waals surface area contributed by atoms with E-state index in [0.717, 1.165) is 6.42 Å². The molecule has 2 unspecified atom stereocenters. The molecular formula is C13H9N3O2. The Morgan fingerprint density at radius 2 is 1.50 bits per heavy atom. The predicted molar refractivity (Wildman–Crippen MR) is 54.8 cm³/mol. The SMILES string of the molecule is N#C[C@@]12C(=O)NC(=O)[C@]1(C#N)[C@@H]1C3CC4[C@@H]1[C@H]4[C@H]32. The van der Waals surface area contributed by atoms with Crippen LogP contribution in [0, 0.1) is 69.0 Å². The molecule has 6 fully saturated rings. The van der Waals surface area contributed by atoms with Crippen molar-refractivity contribution in [2.45, 2.75) is 6.42 Å². The van der Waals surface area contributed by atoms with Crippen LogP contribution in [-0.2, 0) is 9.59 Å². The van der Waals surface area contributed by atoms with E-state index >= 15 is 0 Å². The topological polar surface area (TPSA) is 93.8 Å². The molecule has 88 valence electrons. The smallest absolute Gasteiger partial charge is 0.249 e. The Kier molecular flexibility index (Phi) is 1.05. The van der Waals surface area contributed by atoms with Crippen molar-refractivity contribution in [2.75, 3.05) is 0 Å². The second kappa shape index (κ2) is 2.07. The van der Waals surface area contributed by atoms with Crippen molar-refractivity contribution < 1.29 is 9.59 Å². The van der Waals surface area contributed by atoms with Crippen LogP contribution in [0.1, 0.15) is 6.42 Å². The van der Waals surface area contributed by atoms with Crippen molar-refractivity contribution in [3.05, 3.63) is 0 Å². The number of rotatable bonds is 0. The van der Waals surface area contributed by atoms with Crippen LogP contribution in [0.15, 0.2) is 0 Å². The number of hydrogen-bond acceptors (Lipinski definition) is 4. The lowest BCUT2D eigenvalue weighted by Gasteiger charge is -2.34. The fourth-order valence-electron chi connectivity index (χ4n) is 6.29. The van der Waals surface area contributed by atoms with E-state index in [0.29, 0.717) is 17.8 Å². The highest BCUT2D eigenvalue weighted by atomic mass is 16.2. The molecule has 1 heterocycles. The molecule has 18 heavy (non-hydrogen) atoms. The molecule has 6 bridgehead atoms. The third-order valence-corrected chi connectivity index (χ3v) is 6.51. The van der Waals surface area contributed by atoms with Gasteiger partial charge in [-0.25, -0.2) is 0 Å². The summed E-state index contributed by atoms with van der Waals surface area (Å²) < 4.78 is 0. The monoisotopic (exact) mass is 239 g/mol. The zero-order valence-corrected chi connectivity index (χ0v) is 9.38. The van der Waals surface area contributed by atoms with Crippen LogP contribution < -0.4 is 5.32 Å². The molecule has 0 radical (unpaired) electrons. The first-order valence-electron chi connectivity index (χ1n) is 6.33. The Morgan fingerprint density at radius 3 is 1.89 bits per heavy atom. The molecule has 5 aliphatic carbocycles. The average molecular weight is 239 g/mol. The third-order valence-electron chi connectivity index (χ3n) is 6.51. The van der Waals surface area contributed by atoms with E-state index in [1.54, 1.807) is 0 Å². The molecule has 1 N–H and O–H groups in total. The van der Waals surface area contributed by atoms with Crippen LogP contribution in [0.2, 0.25) is 0 Å². The second-order valence-corrected chi connectivity index (χ2v) is 6.39. The molecule has 5 heteroatoms. The van der Waals surface area contributed by atoms with Gasteiger partial charge < -0.3 is 0 Å². The molecule has 5 nitrogen and oxygen atoms in total. The summed E-state index contributed by atoms with van der Waals surface area (Å²) in [7, 11) is 0. The Morgan fingerprint density at radius 1 is 1.00 bits per heavy atom. The summed E-state index contributed by atoms with van der Waals surface area (Å²) >= 11 is 0. The molecule has 6 aliphatic rings. The van der Waals surface area contributed by atoms with E-state index in [4.69, 9.17) is 0 Å². The first kappa shape index (κ1) is 9.10. The van der Waals surface area contributed by atoms with Crippen LogP contribution in [0.25, 0.3) is 0 Å². The molecule has 1 saturated heterocycles. The van der Waals surface area contributed by atoms with Gasteiger partial charge in [0.05, 0.1) is 12.1 Å². The molecule has 0 aromatic carbocycles. The Hall–Kier alpha value is -1.88. The van der Waals surface area contributed by atoms with Gasteiger partial charge in [-0.05, 0) is 41.9 Å². The summed E-state index contributed by atoms with van der Waals surface area (Å²) in [5, 5.41) is 21.4. The van der Waals surface area contributed by atoms with E-state index < -0.39 is 22.6 Å². The molecule has 0 aromatic heterocycles. The van der Waals surface area contributed by atoms with Crippen LogP contribution in [0.5, 0.6) is 0 Å². The van der Waals surface area contributed by atoms with E-state index in [1.165, 1.54) is 0 Å². The van der Waals surface area contributed by atoms with Crippen molar-refractivity contribution >= 4 is 11.8 Å². The molecule has 0 spiro atoms. The van der Waals surface area contributed by atoms with E-state index in [1.807, 2.05) is 0 Å². The van der Waals surface area contributed by atoms with Crippen molar-refractivity contribution in [3.8, 4) is 12.1 Å². The molecule has 0 aromatic rings. The Balaban J connectivity index is 1.89. The largest absolute Gasteiger partial charge is 0.294 e. The molecular weight excluding hydrogens is 230 g/mol. The number of carbonyl (C=O) groups excluding carboxylic acids is 2.